The van der Waals surface area contributed by atoms with Crippen LogP contribution in [0.3, 0.4) is 0 Å². The number of nitrogens with zero attached hydrogens (tertiary/aromatic N) is 2. The molecule has 2 aromatic carbocycles. The van der Waals surface area contributed by atoms with Gasteiger partial charge in [-0.3, -0.25) is 4.79 Å². The summed E-state index contributed by atoms with van der Waals surface area (Å²) in [6.07, 6.45) is -4.13. The summed E-state index contributed by atoms with van der Waals surface area (Å²) in [6, 6.07) is 15.4. The first-order valence-electron chi connectivity index (χ1n) is 10.2. The second-order valence-electron chi connectivity index (χ2n) is 7.61. The summed E-state index contributed by atoms with van der Waals surface area (Å²) in [7, 11) is 1.53. The third kappa shape index (κ3) is 4.71. The molecule has 0 aliphatic carbocycles. The minimum Gasteiger partial charge on any atom is -0.497 e. The van der Waals surface area contributed by atoms with E-state index in [1.807, 2.05) is 30.3 Å². The van der Waals surface area contributed by atoms with E-state index < -0.39 is 24.2 Å². The van der Waals surface area contributed by atoms with E-state index >= 15 is 0 Å². The van der Waals surface area contributed by atoms with Crippen molar-refractivity contribution in [2.45, 2.75) is 31.1 Å². The molecule has 9 heteroatoms. The highest BCUT2D eigenvalue weighted by atomic mass is 19.4. The lowest BCUT2D eigenvalue weighted by atomic mass is 9.97. The molecule has 1 aliphatic rings. The number of halogens is 3. The fourth-order valence-corrected chi connectivity index (χ4v) is 3.79. The first kappa shape index (κ1) is 21.7. The molecule has 4 rings (SSSR count). The summed E-state index contributed by atoms with van der Waals surface area (Å²) in [5.41, 5.74) is 1.70. The highest BCUT2D eigenvalue weighted by molar-refractivity contribution is 5.93. The number of ether oxygens (including phenoxy) is 1. The van der Waals surface area contributed by atoms with Gasteiger partial charge in [-0.2, -0.15) is 18.3 Å². The summed E-state index contributed by atoms with van der Waals surface area (Å²) in [5, 5.41) is 9.80. The maximum atomic E-state index is 13.8. The number of carbonyl (C=O) groups excluding carboxylic acids is 1. The quantitative estimate of drug-likeness (QED) is 0.587. The van der Waals surface area contributed by atoms with Gasteiger partial charge in [0.1, 0.15) is 11.6 Å². The highest BCUT2D eigenvalue weighted by Crippen LogP contribution is 2.43. The molecule has 0 radical (unpaired) electrons. The van der Waals surface area contributed by atoms with E-state index in [1.165, 1.54) is 13.2 Å². The zero-order valence-electron chi connectivity index (χ0n) is 17.4. The molecule has 0 saturated carbocycles. The molecule has 0 unspecified atom stereocenters. The van der Waals surface area contributed by atoms with Crippen molar-refractivity contribution in [1.82, 2.24) is 15.1 Å². The van der Waals surface area contributed by atoms with Gasteiger partial charge in [-0.05, 0) is 29.7 Å². The Morgan fingerprint density at radius 3 is 2.56 bits per heavy atom. The second-order valence-corrected chi connectivity index (χ2v) is 7.61. The van der Waals surface area contributed by atoms with Crippen molar-refractivity contribution in [3.05, 3.63) is 77.5 Å². The molecule has 1 aromatic heterocycles. The molecule has 0 bridgehead atoms. The lowest BCUT2D eigenvalue weighted by Crippen LogP contribution is -2.35. The van der Waals surface area contributed by atoms with Crippen molar-refractivity contribution in [2.75, 3.05) is 19.0 Å². The number of methoxy groups -OCH3 is 1. The fourth-order valence-electron chi connectivity index (χ4n) is 3.79. The van der Waals surface area contributed by atoms with Gasteiger partial charge in [-0.25, -0.2) is 4.68 Å². The highest BCUT2D eigenvalue weighted by Gasteiger charge is 2.46. The van der Waals surface area contributed by atoms with Crippen LogP contribution in [0.4, 0.5) is 19.0 Å². The molecule has 32 heavy (non-hydrogen) atoms. The maximum Gasteiger partial charge on any atom is 0.410 e. The third-order valence-electron chi connectivity index (χ3n) is 5.48. The topological polar surface area (TPSA) is 68.2 Å². The Morgan fingerprint density at radius 2 is 1.91 bits per heavy atom. The fraction of sp³-hybridized carbons (Fsp3) is 0.304. The summed E-state index contributed by atoms with van der Waals surface area (Å²) >= 11 is 0. The van der Waals surface area contributed by atoms with Crippen LogP contribution in [0.1, 0.15) is 40.1 Å². The maximum absolute atomic E-state index is 13.8. The van der Waals surface area contributed by atoms with Crippen LogP contribution in [-0.2, 0) is 6.42 Å². The van der Waals surface area contributed by atoms with Crippen molar-refractivity contribution >= 4 is 11.7 Å². The molecule has 2 heterocycles. The molecule has 0 saturated heterocycles. The number of rotatable bonds is 6. The summed E-state index contributed by atoms with van der Waals surface area (Å²) < 4.78 is 47.4. The summed E-state index contributed by atoms with van der Waals surface area (Å²) in [4.78, 5) is 12.5. The molecule has 0 spiro atoms. The van der Waals surface area contributed by atoms with Gasteiger partial charge in [-0.15, -0.1) is 0 Å². The zero-order valence-corrected chi connectivity index (χ0v) is 17.4. The Balaban J connectivity index is 1.51. The van der Waals surface area contributed by atoms with Crippen molar-refractivity contribution in [3.8, 4) is 5.75 Å². The van der Waals surface area contributed by atoms with Gasteiger partial charge >= 0.3 is 6.18 Å². The van der Waals surface area contributed by atoms with Crippen LogP contribution in [-0.4, -0.2) is 35.5 Å². The predicted molar refractivity (Wildman–Crippen MR) is 114 cm³/mol. The van der Waals surface area contributed by atoms with Crippen LogP contribution in [0.15, 0.2) is 60.7 Å². The van der Waals surface area contributed by atoms with E-state index in [9.17, 15) is 18.0 Å². The number of aromatic nitrogens is 2. The van der Waals surface area contributed by atoms with E-state index in [4.69, 9.17) is 4.74 Å². The standard InChI is InChI=1S/C23H23F3N4O2/c1-32-17-9-7-16(8-10-17)18-13-20(23(24,25)26)30-21(28-18)14-19(29-30)22(31)27-12-11-15-5-3-2-4-6-15/h2-10,14,18,20,28H,11-13H2,1H3,(H,27,31)/t18-,20-/m1/s1. The largest absolute Gasteiger partial charge is 0.497 e. The number of hydrogen-bond acceptors (Lipinski definition) is 4. The van der Waals surface area contributed by atoms with Crippen LogP contribution in [0.2, 0.25) is 0 Å². The van der Waals surface area contributed by atoms with E-state index in [0.29, 0.717) is 24.3 Å². The number of carbonyl (C=O) groups is 1. The lowest BCUT2D eigenvalue weighted by Gasteiger charge is -2.33. The molecular formula is C23H23F3N4O2. The van der Waals surface area contributed by atoms with Crippen molar-refractivity contribution < 1.29 is 22.7 Å². The van der Waals surface area contributed by atoms with Gasteiger partial charge in [0, 0.05) is 19.0 Å². The lowest BCUT2D eigenvalue weighted by molar-refractivity contribution is -0.173. The molecule has 2 atom stereocenters. The minimum atomic E-state index is -4.51. The number of alkyl halides is 3. The Morgan fingerprint density at radius 1 is 1.19 bits per heavy atom. The van der Waals surface area contributed by atoms with Crippen molar-refractivity contribution in [3.63, 3.8) is 0 Å². The van der Waals surface area contributed by atoms with Crippen LogP contribution in [0.5, 0.6) is 5.75 Å². The molecule has 1 amide bonds. The third-order valence-corrected chi connectivity index (χ3v) is 5.48. The normalized spacial score (nSPS) is 17.9. The monoisotopic (exact) mass is 444 g/mol. The minimum absolute atomic E-state index is 0.0507. The first-order chi connectivity index (χ1) is 15.3. The Kier molecular flexibility index (Phi) is 6.07. The zero-order chi connectivity index (χ0) is 22.7. The van der Waals surface area contributed by atoms with Gasteiger partial charge in [0.2, 0.25) is 0 Å². The average molecular weight is 444 g/mol. The first-order valence-corrected chi connectivity index (χ1v) is 10.2. The molecule has 2 N–H and O–H groups in total. The Hall–Kier alpha value is -3.49. The number of fused-ring (bicyclic) bond motifs is 1. The van der Waals surface area contributed by atoms with E-state index in [2.05, 4.69) is 15.7 Å². The Labute approximate surface area is 183 Å². The second kappa shape index (κ2) is 8.94. The number of amides is 1. The van der Waals surface area contributed by atoms with Gasteiger partial charge in [0.05, 0.1) is 13.2 Å². The SMILES string of the molecule is COc1ccc([C@H]2C[C@H](C(F)(F)F)n3nc(C(=O)NCCc4ccccc4)cc3N2)cc1. The molecule has 168 valence electrons. The number of hydrogen-bond donors (Lipinski definition) is 2. The van der Waals surface area contributed by atoms with Gasteiger partial charge in [-0.1, -0.05) is 42.5 Å². The van der Waals surface area contributed by atoms with Crippen LogP contribution < -0.4 is 15.4 Å². The smallest absolute Gasteiger partial charge is 0.410 e. The Bertz CT molecular complexity index is 1070. The molecule has 6 nitrogen and oxygen atoms in total. The summed E-state index contributed by atoms with van der Waals surface area (Å²) in [6.45, 7) is 0.357. The number of benzene rings is 2. The van der Waals surface area contributed by atoms with E-state index in [-0.39, 0.29) is 17.9 Å². The van der Waals surface area contributed by atoms with Crippen molar-refractivity contribution in [1.29, 1.82) is 0 Å². The predicted octanol–water partition coefficient (Wildman–Crippen LogP) is 4.52. The van der Waals surface area contributed by atoms with Gasteiger partial charge < -0.3 is 15.4 Å². The van der Waals surface area contributed by atoms with Crippen molar-refractivity contribution in [2.24, 2.45) is 0 Å². The summed E-state index contributed by atoms with van der Waals surface area (Å²) in [5.74, 6) is 0.274. The number of anilines is 1. The molecule has 3 aromatic rings. The van der Waals surface area contributed by atoms with Crippen LogP contribution in [0, 0.1) is 0 Å². The number of nitrogens with one attached hydrogen (secondary N) is 2. The van der Waals surface area contributed by atoms with Crippen LogP contribution >= 0.6 is 0 Å². The van der Waals surface area contributed by atoms with Gasteiger partial charge in [0.25, 0.3) is 5.91 Å². The van der Waals surface area contributed by atoms with E-state index in [0.717, 1.165) is 10.2 Å². The molecular weight excluding hydrogens is 421 g/mol. The average Bonchev–Trinajstić information content (AvgIpc) is 3.23. The van der Waals surface area contributed by atoms with Gasteiger partial charge in [0.15, 0.2) is 11.7 Å². The van der Waals surface area contributed by atoms with Crippen LogP contribution in [0.25, 0.3) is 0 Å². The molecule has 0 fully saturated rings. The molecule has 1 aliphatic heterocycles. The van der Waals surface area contributed by atoms with E-state index in [1.54, 1.807) is 24.3 Å².